The molecule has 0 heterocycles. The summed E-state index contributed by atoms with van der Waals surface area (Å²) in [5.74, 6) is -1.43. The molecule has 0 unspecified atom stereocenters. The van der Waals surface area contributed by atoms with Crippen LogP contribution in [-0.4, -0.2) is 17.6 Å². The van der Waals surface area contributed by atoms with Gasteiger partial charge in [0.05, 0.1) is 5.69 Å². The molecule has 1 aromatic carbocycles. The second-order valence-corrected chi connectivity index (χ2v) is 4.08. The highest BCUT2D eigenvalue weighted by molar-refractivity contribution is 5.94. The molecule has 1 aromatic rings. The molecule has 88 valence electrons. The minimum Gasteiger partial charge on any atom is -0.478 e. The van der Waals surface area contributed by atoms with Gasteiger partial charge in [-0.25, -0.2) is 9.18 Å². The van der Waals surface area contributed by atoms with Crippen molar-refractivity contribution in [2.45, 2.75) is 20.3 Å². The topological polar surface area (TPSA) is 49.3 Å². The van der Waals surface area contributed by atoms with E-state index in [4.69, 9.17) is 5.11 Å². The molecule has 0 spiro atoms. The summed E-state index contributed by atoms with van der Waals surface area (Å²) >= 11 is 0. The van der Waals surface area contributed by atoms with E-state index in [2.05, 4.69) is 19.2 Å². The number of hydrogen-bond donors (Lipinski definition) is 2. The highest BCUT2D eigenvalue weighted by atomic mass is 19.1. The highest BCUT2D eigenvalue weighted by Crippen LogP contribution is 2.19. The van der Waals surface area contributed by atoms with Crippen molar-refractivity contribution in [3.63, 3.8) is 0 Å². The van der Waals surface area contributed by atoms with Gasteiger partial charge in [-0.2, -0.15) is 0 Å². The van der Waals surface area contributed by atoms with Crippen molar-refractivity contribution in [1.82, 2.24) is 0 Å². The molecule has 0 saturated heterocycles. The maximum Gasteiger partial charge on any atom is 0.340 e. The van der Waals surface area contributed by atoms with Crippen LogP contribution in [0.1, 0.15) is 30.6 Å². The van der Waals surface area contributed by atoms with Gasteiger partial charge in [-0.1, -0.05) is 19.9 Å². The smallest absolute Gasteiger partial charge is 0.340 e. The fraction of sp³-hybridized carbons (Fsp3) is 0.417. The van der Waals surface area contributed by atoms with E-state index < -0.39 is 11.8 Å². The Morgan fingerprint density at radius 1 is 1.50 bits per heavy atom. The van der Waals surface area contributed by atoms with Crippen molar-refractivity contribution in [3.8, 4) is 0 Å². The average molecular weight is 225 g/mol. The quantitative estimate of drug-likeness (QED) is 0.809. The van der Waals surface area contributed by atoms with Gasteiger partial charge in [-0.15, -0.1) is 0 Å². The molecular formula is C12H16FNO2. The van der Waals surface area contributed by atoms with Gasteiger partial charge in [0.25, 0.3) is 0 Å². The summed E-state index contributed by atoms with van der Waals surface area (Å²) < 4.78 is 13.3. The number of benzene rings is 1. The fourth-order valence-corrected chi connectivity index (χ4v) is 1.38. The van der Waals surface area contributed by atoms with Crippen LogP contribution in [0.3, 0.4) is 0 Å². The van der Waals surface area contributed by atoms with Gasteiger partial charge in [0.2, 0.25) is 0 Å². The summed E-state index contributed by atoms with van der Waals surface area (Å²) in [5, 5.41) is 11.8. The Bertz CT molecular complexity index is 377. The van der Waals surface area contributed by atoms with Gasteiger partial charge < -0.3 is 10.4 Å². The standard InChI is InChI=1S/C12H16FNO2/c1-8(2)6-7-14-10-5-3-4-9(13)11(10)12(15)16/h3-5,8,14H,6-7H2,1-2H3,(H,15,16). The summed E-state index contributed by atoms with van der Waals surface area (Å²) in [4.78, 5) is 10.9. The first kappa shape index (κ1) is 12.5. The summed E-state index contributed by atoms with van der Waals surface area (Å²) in [7, 11) is 0. The Hall–Kier alpha value is -1.58. The lowest BCUT2D eigenvalue weighted by Crippen LogP contribution is -2.10. The van der Waals surface area contributed by atoms with E-state index in [1.165, 1.54) is 6.07 Å². The minimum atomic E-state index is -1.25. The zero-order valence-corrected chi connectivity index (χ0v) is 9.46. The predicted octanol–water partition coefficient (Wildman–Crippen LogP) is 2.98. The third-order valence-electron chi connectivity index (χ3n) is 2.26. The van der Waals surface area contributed by atoms with Crippen LogP contribution in [0.15, 0.2) is 18.2 Å². The molecule has 0 aliphatic rings. The summed E-state index contributed by atoms with van der Waals surface area (Å²) in [6.07, 6.45) is 0.912. The summed E-state index contributed by atoms with van der Waals surface area (Å²) in [6.45, 7) is 4.79. The monoisotopic (exact) mass is 225 g/mol. The van der Waals surface area contributed by atoms with E-state index >= 15 is 0 Å². The maximum atomic E-state index is 13.3. The number of anilines is 1. The van der Waals surface area contributed by atoms with Crippen molar-refractivity contribution in [1.29, 1.82) is 0 Å². The van der Waals surface area contributed by atoms with E-state index in [0.717, 1.165) is 12.5 Å². The molecule has 0 aliphatic carbocycles. The molecule has 3 nitrogen and oxygen atoms in total. The second-order valence-electron chi connectivity index (χ2n) is 4.08. The Balaban J connectivity index is 2.79. The molecular weight excluding hydrogens is 209 g/mol. The van der Waals surface area contributed by atoms with Crippen molar-refractivity contribution in [3.05, 3.63) is 29.6 Å². The first-order chi connectivity index (χ1) is 7.52. The molecule has 0 saturated carbocycles. The van der Waals surface area contributed by atoms with Crippen LogP contribution in [0, 0.1) is 11.7 Å². The van der Waals surface area contributed by atoms with Crippen LogP contribution < -0.4 is 5.32 Å². The molecule has 0 amide bonds. The molecule has 0 fully saturated rings. The van der Waals surface area contributed by atoms with E-state index in [0.29, 0.717) is 18.2 Å². The molecule has 0 radical (unpaired) electrons. The van der Waals surface area contributed by atoms with Gasteiger partial charge in [-0.3, -0.25) is 0 Å². The normalized spacial score (nSPS) is 10.5. The molecule has 0 bridgehead atoms. The maximum absolute atomic E-state index is 13.3. The van der Waals surface area contributed by atoms with Crippen molar-refractivity contribution in [2.24, 2.45) is 5.92 Å². The zero-order valence-electron chi connectivity index (χ0n) is 9.46. The summed E-state index contributed by atoms with van der Waals surface area (Å²) in [5.41, 5.74) is 0.0550. The van der Waals surface area contributed by atoms with Crippen molar-refractivity contribution in [2.75, 3.05) is 11.9 Å². The minimum absolute atomic E-state index is 0.286. The Labute approximate surface area is 94.3 Å². The number of carbonyl (C=O) groups is 1. The van der Waals surface area contributed by atoms with Crippen LogP contribution >= 0.6 is 0 Å². The Morgan fingerprint density at radius 3 is 2.75 bits per heavy atom. The lowest BCUT2D eigenvalue weighted by molar-refractivity contribution is 0.0693. The van der Waals surface area contributed by atoms with E-state index in [1.807, 2.05) is 0 Å². The number of carboxylic acid groups (broad SMARTS) is 1. The molecule has 2 N–H and O–H groups in total. The Morgan fingerprint density at radius 2 is 2.19 bits per heavy atom. The lowest BCUT2D eigenvalue weighted by atomic mass is 10.1. The third-order valence-corrected chi connectivity index (χ3v) is 2.26. The number of hydrogen-bond acceptors (Lipinski definition) is 2. The first-order valence-corrected chi connectivity index (χ1v) is 5.28. The van der Waals surface area contributed by atoms with Crippen LogP contribution in [0.5, 0.6) is 0 Å². The van der Waals surface area contributed by atoms with Crippen molar-refractivity contribution >= 4 is 11.7 Å². The fourth-order valence-electron chi connectivity index (χ4n) is 1.38. The van der Waals surface area contributed by atoms with Crippen LogP contribution in [0.2, 0.25) is 0 Å². The number of rotatable bonds is 5. The van der Waals surface area contributed by atoms with Crippen molar-refractivity contribution < 1.29 is 14.3 Å². The van der Waals surface area contributed by atoms with Gasteiger partial charge in [0.15, 0.2) is 0 Å². The van der Waals surface area contributed by atoms with E-state index in [-0.39, 0.29) is 5.56 Å². The number of nitrogens with one attached hydrogen (secondary N) is 1. The number of carboxylic acids is 1. The van der Waals surface area contributed by atoms with Gasteiger partial charge in [0, 0.05) is 6.54 Å². The van der Waals surface area contributed by atoms with Crippen LogP contribution in [-0.2, 0) is 0 Å². The summed E-state index contributed by atoms with van der Waals surface area (Å²) in [6, 6.07) is 4.23. The molecule has 16 heavy (non-hydrogen) atoms. The Kier molecular flexibility index (Phi) is 4.28. The van der Waals surface area contributed by atoms with Crippen LogP contribution in [0.25, 0.3) is 0 Å². The molecule has 0 atom stereocenters. The van der Waals surface area contributed by atoms with Gasteiger partial charge >= 0.3 is 5.97 Å². The highest BCUT2D eigenvalue weighted by Gasteiger charge is 2.14. The molecule has 4 heteroatoms. The number of halogens is 1. The third kappa shape index (κ3) is 3.22. The first-order valence-electron chi connectivity index (χ1n) is 5.28. The average Bonchev–Trinajstić information content (AvgIpc) is 2.16. The predicted molar refractivity (Wildman–Crippen MR) is 61.3 cm³/mol. The van der Waals surface area contributed by atoms with Gasteiger partial charge in [-0.05, 0) is 24.5 Å². The largest absolute Gasteiger partial charge is 0.478 e. The molecule has 0 aliphatic heterocycles. The van der Waals surface area contributed by atoms with E-state index in [1.54, 1.807) is 6.07 Å². The van der Waals surface area contributed by atoms with Crippen LogP contribution in [0.4, 0.5) is 10.1 Å². The number of aromatic carboxylic acids is 1. The molecule has 0 aromatic heterocycles. The zero-order chi connectivity index (χ0) is 12.1. The van der Waals surface area contributed by atoms with E-state index in [9.17, 15) is 9.18 Å². The lowest BCUT2D eigenvalue weighted by Gasteiger charge is -2.11. The van der Waals surface area contributed by atoms with Gasteiger partial charge in [0.1, 0.15) is 11.4 Å². The molecule has 1 rings (SSSR count). The second kappa shape index (κ2) is 5.49. The SMILES string of the molecule is CC(C)CCNc1cccc(F)c1C(=O)O.